The van der Waals surface area contributed by atoms with E-state index in [0.29, 0.717) is 6.54 Å². The number of benzene rings is 2. The number of nitrogens with one attached hydrogen (secondary N) is 2. The molecule has 5 nitrogen and oxygen atoms in total. The molecule has 1 heterocycles. The summed E-state index contributed by atoms with van der Waals surface area (Å²) in [5.74, 6) is 0. The van der Waals surface area contributed by atoms with Crippen molar-refractivity contribution in [2.24, 2.45) is 4.99 Å². The van der Waals surface area contributed by atoms with E-state index in [9.17, 15) is 4.79 Å². The number of rotatable bonds is 5. The van der Waals surface area contributed by atoms with Crippen molar-refractivity contribution in [3.8, 4) is 0 Å². The molecule has 2 aromatic carbocycles. The van der Waals surface area contributed by atoms with Crippen LogP contribution in [0.3, 0.4) is 0 Å². The minimum Gasteiger partial charge on any atom is -0.444 e. The van der Waals surface area contributed by atoms with Gasteiger partial charge in [-0.15, -0.1) is 0 Å². The second-order valence-electron chi connectivity index (χ2n) is 7.38. The predicted molar refractivity (Wildman–Crippen MR) is 109 cm³/mol. The number of aliphatic imine (C=N–C) groups is 1. The quantitative estimate of drug-likeness (QED) is 0.636. The molecule has 0 radical (unpaired) electrons. The van der Waals surface area contributed by atoms with Crippen LogP contribution in [-0.2, 0) is 4.74 Å². The summed E-state index contributed by atoms with van der Waals surface area (Å²) >= 11 is 0. The number of aromatic amines is 1. The molecule has 140 valence electrons. The van der Waals surface area contributed by atoms with E-state index in [2.05, 4.69) is 16.4 Å². The van der Waals surface area contributed by atoms with Gasteiger partial charge in [-0.2, -0.15) is 0 Å². The summed E-state index contributed by atoms with van der Waals surface area (Å²) in [6.07, 6.45) is 3.35. The van der Waals surface area contributed by atoms with Crippen molar-refractivity contribution in [2.45, 2.75) is 32.4 Å². The van der Waals surface area contributed by atoms with Crippen molar-refractivity contribution in [3.05, 3.63) is 71.9 Å². The van der Waals surface area contributed by atoms with E-state index in [1.54, 1.807) is 0 Å². The molecule has 1 aromatic heterocycles. The first-order valence-electron chi connectivity index (χ1n) is 9.03. The van der Waals surface area contributed by atoms with Crippen molar-refractivity contribution in [3.63, 3.8) is 0 Å². The largest absolute Gasteiger partial charge is 0.444 e. The topological polar surface area (TPSA) is 66.5 Å². The zero-order valence-electron chi connectivity index (χ0n) is 15.9. The SMILES string of the molecule is CC(C)(C)OC(=O)NCC(N=Cc1ccccc1)c1c[nH]c2ccccc12. The van der Waals surface area contributed by atoms with Crippen molar-refractivity contribution in [1.29, 1.82) is 0 Å². The lowest BCUT2D eigenvalue weighted by atomic mass is 10.1. The number of para-hydroxylation sites is 1. The number of H-pyrrole nitrogens is 1. The maximum absolute atomic E-state index is 12.1. The molecule has 0 bridgehead atoms. The second kappa shape index (κ2) is 8.08. The summed E-state index contributed by atoms with van der Waals surface area (Å²) in [5, 5.41) is 3.94. The summed E-state index contributed by atoms with van der Waals surface area (Å²) in [6.45, 7) is 5.88. The van der Waals surface area contributed by atoms with E-state index < -0.39 is 11.7 Å². The van der Waals surface area contributed by atoms with Gasteiger partial charge in [-0.3, -0.25) is 4.99 Å². The van der Waals surface area contributed by atoms with E-state index >= 15 is 0 Å². The standard InChI is InChI=1S/C22H25N3O2/c1-22(2,3)27-21(26)25-15-20(23-13-16-9-5-4-6-10-16)18-14-24-19-12-8-7-11-17(18)19/h4-14,20,24H,15H2,1-3H3,(H,25,26). The fourth-order valence-electron chi connectivity index (χ4n) is 2.82. The Balaban J connectivity index is 1.83. The lowest BCUT2D eigenvalue weighted by molar-refractivity contribution is 0.0525. The van der Waals surface area contributed by atoms with Crippen LogP contribution in [-0.4, -0.2) is 29.4 Å². The fraction of sp³-hybridized carbons (Fsp3) is 0.273. The van der Waals surface area contributed by atoms with Gasteiger partial charge in [0, 0.05) is 35.4 Å². The first-order chi connectivity index (χ1) is 12.9. The van der Waals surface area contributed by atoms with Crippen molar-refractivity contribution >= 4 is 23.2 Å². The molecule has 27 heavy (non-hydrogen) atoms. The van der Waals surface area contributed by atoms with E-state index in [1.807, 2.05) is 81.7 Å². The van der Waals surface area contributed by atoms with Crippen LogP contribution in [0.4, 0.5) is 4.79 Å². The van der Waals surface area contributed by atoms with Gasteiger partial charge in [-0.25, -0.2) is 4.79 Å². The molecular formula is C22H25N3O2. The summed E-state index contributed by atoms with van der Waals surface area (Å²) in [5.41, 5.74) is 2.56. The third kappa shape index (κ3) is 5.20. The van der Waals surface area contributed by atoms with Gasteiger partial charge in [-0.1, -0.05) is 48.5 Å². The number of nitrogens with zero attached hydrogens (tertiary/aromatic N) is 1. The number of fused-ring (bicyclic) bond motifs is 1. The average molecular weight is 363 g/mol. The van der Waals surface area contributed by atoms with Crippen LogP contribution in [0.2, 0.25) is 0 Å². The Labute approximate surface area is 159 Å². The van der Waals surface area contributed by atoms with E-state index in [-0.39, 0.29) is 6.04 Å². The van der Waals surface area contributed by atoms with Gasteiger partial charge in [0.25, 0.3) is 0 Å². The highest BCUT2D eigenvalue weighted by atomic mass is 16.6. The van der Waals surface area contributed by atoms with Gasteiger partial charge in [0.15, 0.2) is 0 Å². The number of ether oxygens (including phenoxy) is 1. The highest BCUT2D eigenvalue weighted by Gasteiger charge is 2.19. The van der Waals surface area contributed by atoms with Gasteiger partial charge >= 0.3 is 6.09 Å². The average Bonchev–Trinajstić information content (AvgIpc) is 3.05. The Hall–Kier alpha value is -3.08. The molecule has 0 aliphatic heterocycles. The third-order valence-electron chi connectivity index (χ3n) is 4.02. The number of carbonyl (C=O) groups excluding carboxylic acids is 1. The molecule has 2 N–H and O–H groups in total. The Morgan fingerprint density at radius 1 is 1.15 bits per heavy atom. The van der Waals surface area contributed by atoms with Crippen LogP contribution >= 0.6 is 0 Å². The molecule has 0 spiro atoms. The van der Waals surface area contributed by atoms with Crippen LogP contribution in [0.1, 0.15) is 37.9 Å². The molecule has 1 atom stereocenters. The number of carbonyl (C=O) groups is 1. The minimum atomic E-state index is -0.534. The number of hydrogen-bond donors (Lipinski definition) is 2. The van der Waals surface area contributed by atoms with E-state index in [1.165, 1.54) is 0 Å². The maximum Gasteiger partial charge on any atom is 0.407 e. The van der Waals surface area contributed by atoms with Crippen molar-refractivity contribution < 1.29 is 9.53 Å². The maximum atomic E-state index is 12.1. The van der Waals surface area contributed by atoms with Crippen LogP contribution < -0.4 is 5.32 Å². The summed E-state index contributed by atoms with van der Waals surface area (Å²) in [7, 11) is 0. The molecule has 0 aliphatic rings. The predicted octanol–water partition coefficient (Wildman–Crippen LogP) is 4.85. The fourth-order valence-corrected chi connectivity index (χ4v) is 2.82. The van der Waals surface area contributed by atoms with Gasteiger partial charge in [-0.05, 0) is 32.4 Å². The molecular weight excluding hydrogens is 338 g/mol. The number of amides is 1. The highest BCUT2D eigenvalue weighted by molar-refractivity contribution is 5.85. The lowest BCUT2D eigenvalue weighted by Crippen LogP contribution is -2.34. The number of alkyl carbamates (subject to hydrolysis) is 1. The molecule has 1 amide bonds. The molecule has 3 rings (SSSR count). The lowest BCUT2D eigenvalue weighted by Gasteiger charge is -2.21. The Morgan fingerprint density at radius 3 is 2.59 bits per heavy atom. The van der Waals surface area contributed by atoms with Crippen LogP contribution in [0, 0.1) is 0 Å². The number of hydrogen-bond acceptors (Lipinski definition) is 3. The second-order valence-corrected chi connectivity index (χ2v) is 7.38. The molecule has 0 saturated carbocycles. The van der Waals surface area contributed by atoms with Crippen LogP contribution in [0.15, 0.2) is 65.8 Å². The molecule has 0 saturated heterocycles. The third-order valence-corrected chi connectivity index (χ3v) is 4.02. The zero-order chi connectivity index (χ0) is 19.3. The minimum absolute atomic E-state index is 0.228. The number of aromatic nitrogens is 1. The summed E-state index contributed by atoms with van der Waals surface area (Å²) in [4.78, 5) is 20.1. The first kappa shape index (κ1) is 18.7. The molecule has 3 aromatic rings. The van der Waals surface area contributed by atoms with E-state index in [0.717, 1.165) is 22.0 Å². The monoisotopic (exact) mass is 363 g/mol. The van der Waals surface area contributed by atoms with Gasteiger partial charge in [0.1, 0.15) is 5.60 Å². The van der Waals surface area contributed by atoms with Crippen LogP contribution in [0.25, 0.3) is 10.9 Å². The van der Waals surface area contributed by atoms with E-state index in [4.69, 9.17) is 9.73 Å². The molecule has 0 aliphatic carbocycles. The van der Waals surface area contributed by atoms with Gasteiger partial charge < -0.3 is 15.0 Å². The summed E-state index contributed by atoms with van der Waals surface area (Å²) < 4.78 is 5.35. The Kier molecular flexibility index (Phi) is 5.60. The molecule has 0 fully saturated rings. The summed E-state index contributed by atoms with van der Waals surface area (Å²) in [6, 6.07) is 17.8. The van der Waals surface area contributed by atoms with Crippen molar-refractivity contribution in [2.75, 3.05) is 6.54 Å². The zero-order valence-corrected chi connectivity index (χ0v) is 15.9. The van der Waals surface area contributed by atoms with Crippen molar-refractivity contribution in [1.82, 2.24) is 10.3 Å². The normalized spacial score (nSPS) is 13.0. The molecule has 5 heteroatoms. The Bertz CT molecular complexity index is 923. The Morgan fingerprint density at radius 2 is 1.85 bits per heavy atom. The van der Waals surface area contributed by atoms with Crippen LogP contribution in [0.5, 0.6) is 0 Å². The smallest absolute Gasteiger partial charge is 0.407 e. The van der Waals surface area contributed by atoms with Gasteiger partial charge in [0.2, 0.25) is 0 Å². The van der Waals surface area contributed by atoms with Gasteiger partial charge in [0.05, 0.1) is 6.04 Å². The highest BCUT2D eigenvalue weighted by Crippen LogP contribution is 2.26. The molecule has 1 unspecified atom stereocenters. The first-order valence-corrected chi connectivity index (χ1v) is 9.03.